The zero-order valence-corrected chi connectivity index (χ0v) is 24.7. The van der Waals surface area contributed by atoms with Crippen LogP contribution in [0.3, 0.4) is 0 Å². The Kier molecular flexibility index (Phi) is 8.51. The lowest BCUT2D eigenvalue weighted by Gasteiger charge is -2.31. The summed E-state index contributed by atoms with van der Waals surface area (Å²) < 4.78 is 19.6. The van der Waals surface area contributed by atoms with Crippen molar-refractivity contribution in [2.24, 2.45) is 0 Å². The molecule has 1 amide bonds. The maximum atomic E-state index is 13.5. The summed E-state index contributed by atoms with van der Waals surface area (Å²) in [5.74, 6) is 1.43. The molecule has 1 atom stereocenters. The van der Waals surface area contributed by atoms with Crippen LogP contribution in [0.5, 0.6) is 17.4 Å². The summed E-state index contributed by atoms with van der Waals surface area (Å²) in [6.45, 7) is 4.61. The smallest absolute Gasteiger partial charge is 0.247 e. The molecule has 0 bridgehead atoms. The number of benzene rings is 3. The van der Waals surface area contributed by atoms with Gasteiger partial charge in [0.2, 0.25) is 23.2 Å². The van der Waals surface area contributed by atoms with Gasteiger partial charge in [-0.1, -0.05) is 67.2 Å². The number of para-hydroxylation sites is 1. The number of fused-ring (bicyclic) bond motifs is 3. The van der Waals surface area contributed by atoms with Crippen molar-refractivity contribution in [2.75, 3.05) is 17.8 Å². The molecule has 2 heterocycles. The van der Waals surface area contributed by atoms with Crippen molar-refractivity contribution >= 4 is 45.9 Å². The number of hydrogen-bond donors (Lipinski definition) is 0. The van der Waals surface area contributed by atoms with Crippen molar-refractivity contribution in [1.29, 1.82) is 0 Å². The van der Waals surface area contributed by atoms with Gasteiger partial charge >= 0.3 is 0 Å². The number of amides is 1. The molecule has 0 spiro atoms. The third-order valence-corrected chi connectivity index (χ3v) is 7.45. The van der Waals surface area contributed by atoms with Gasteiger partial charge in [0.1, 0.15) is 6.61 Å². The van der Waals surface area contributed by atoms with Crippen LogP contribution >= 0.6 is 34.4 Å². The van der Waals surface area contributed by atoms with E-state index < -0.39 is 6.23 Å². The number of thioether (sulfide) groups is 1. The van der Waals surface area contributed by atoms with E-state index in [9.17, 15) is 4.79 Å². The van der Waals surface area contributed by atoms with Crippen LogP contribution in [0.2, 0.25) is 0 Å². The SMILES string of the molecule is CCOc1cc([C@@H]2Oc3nc(SC)nnc3-c3ccccc3N2C(=O)CC)cc(I)c1OCc1ccccc1. The Labute approximate surface area is 245 Å². The van der Waals surface area contributed by atoms with Crippen molar-refractivity contribution in [2.45, 2.75) is 38.3 Å². The quantitative estimate of drug-likeness (QED) is 0.154. The highest BCUT2D eigenvalue weighted by Crippen LogP contribution is 2.45. The third kappa shape index (κ3) is 5.67. The lowest BCUT2D eigenvalue weighted by Crippen LogP contribution is -2.37. The van der Waals surface area contributed by atoms with E-state index in [1.165, 1.54) is 11.8 Å². The average molecular weight is 655 g/mol. The molecule has 0 unspecified atom stereocenters. The minimum absolute atomic E-state index is 0.101. The van der Waals surface area contributed by atoms with Crippen LogP contribution in [0.4, 0.5) is 5.69 Å². The normalized spacial score (nSPS) is 14.1. The minimum atomic E-state index is -0.817. The molecule has 0 N–H and O–H groups in total. The fraction of sp³-hybridized carbons (Fsp3) is 0.241. The standard InChI is InChI=1S/C29H27IN4O4S/c1-4-24(35)34-22-14-10-9-13-20(22)25-27(31-29(39-3)33-32-25)38-28(34)19-15-21(30)26(23(16-19)36-5-2)37-17-18-11-7-6-8-12-18/h6-16,28H,4-5,17H2,1-3H3/t28-/m0/s1. The number of hydrogen-bond acceptors (Lipinski definition) is 8. The largest absolute Gasteiger partial charge is 0.490 e. The van der Waals surface area contributed by atoms with Crippen molar-refractivity contribution in [3.63, 3.8) is 0 Å². The van der Waals surface area contributed by atoms with Crippen LogP contribution in [0, 0.1) is 3.57 Å². The van der Waals surface area contributed by atoms with Crippen LogP contribution < -0.4 is 19.1 Å². The average Bonchev–Trinajstić information content (AvgIpc) is 3.11. The molecule has 5 rings (SSSR count). The van der Waals surface area contributed by atoms with Crippen LogP contribution in [0.25, 0.3) is 11.3 Å². The fourth-order valence-corrected chi connectivity index (χ4v) is 5.40. The van der Waals surface area contributed by atoms with Crippen molar-refractivity contribution in [3.8, 4) is 28.6 Å². The summed E-state index contributed by atoms with van der Waals surface area (Å²) in [6, 6.07) is 21.4. The number of nitrogens with zero attached hydrogens (tertiary/aromatic N) is 4. The highest BCUT2D eigenvalue weighted by molar-refractivity contribution is 14.1. The number of rotatable bonds is 8. The zero-order chi connectivity index (χ0) is 27.4. The number of ether oxygens (including phenoxy) is 3. The highest BCUT2D eigenvalue weighted by Gasteiger charge is 2.36. The molecule has 0 saturated carbocycles. The topological polar surface area (TPSA) is 86.7 Å². The van der Waals surface area contributed by atoms with Gasteiger partial charge in [0.15, 0.2) is 17.2 Å². The predicted octanol–water partition coefficient (Wildman–Crippen LogP) is 6.68. The number of carbonyl (C=O) groups is 1. The van der Waals surface area contributed by atoms with E-state index in [1.807, 2.05) is 86.8 Å². The lowest BCUT2D eigenvalue weighted by atomic mass is 10.1. The van der Waals surface area contributed by atoms with E-state index in [0.29, 0.717) is 47.1 Å². The summed E-state index contributed by atoms with van der Waals surface area (Å²) in [6.07, 6.45) is 1.35. The van der Waals surface area contributed by atoms with Gasteiger partial charge in [0.25, 0.3) is 0 Å². The van der Waals surface area contributed by atoms with Gasteiger partial charge < -0.3 is 14.2 Å². The number of aromatic nitrogens is 3. The fourth-order valence-electron chi connectivity index (χ4n) is 4.32. The second-order valence-electron chi connectivity index (χ2n) is 8.59. The first-order chi connectivity index (χ1) is 19.0. The predicted molar refractivity (Wildman–Crippen MR) is 159 cm³/mol. The van der Waals surface area contributed by atoms with Crippen molar-refractivity contribution in [1.82, 2.24) is 15.2 Å². The third-order valence-electron chi connectivity index (χ3n) is 6.11. The molecule has 0 radical (unpaired) electrons. The molecule has 4 aromatic rings. The molecule has 3 aromatic carbocycles. The molecule has 0 aliphatic carbocycles. The summed E-state index contributed by atoms with van der Waals surface area (Å²) >= 11 is 3.61. The molecule has 1 aliphatic heterocycles. The van der Waals surface area contributed by atoms with Gasteiger partial charge in [-0.15, -0.1) is 10.2 Å². The molecule has 0 saturated heterocycles. The van der Waals surface area contributed by atoms with Crippen LogP contribution in [0.1, 0.15) is 37.6 Å². The first-order valence-corrected chi connectivity index (χ1v) is 14.8. The summed E-state index contributed by atoms with van der Waals surface area (Å²) in [7, 11) is 0. The number of carbonyl (C=O) groups excluding carboxylic acids is 1. The van der Waals surface area contributed by atoms with E-state index in [-0.39, 0.29) is 12.3 Å². The maximum absolute atomic E-state index is 13.5. The second kappa shape index (κ2) is 12.2. The first kappa shape index (κ1) is 27.2. The lowest BCUT2D eigenvalue weighted by molar-refractivity contribution is -0.120. The molecule has 1 aliphatic rings. The summed E-state index contributed by atoms with van der Waals surface area (Å²) in [4.78, 5) is 19.8. The van der Waals surface area contributed by atoms with Crippen LogP contribution in [-0.2, 0) is 11.4 Å². The molecule has 0 fully saturated rings. The molecule has 39 heavy (non-hydrogen) atoms. The van der Waals surface area contributed by atoms with E-state index in [0.717, 1.165) is 20.3 Å². The Morgan fingerprint density at radius 2 is 1.82 bits per heavy atom. The minimum Gasteiger partial charge on any atom is -0.490 e. The number of anilines is 1. The maximum Gasteiger partial charge on any atom is 0.247 e. The van der Waals surface area contributed by atoms with Gasteiger partial charge in [-0.3, -0.25) is 9.69 Å². The Bertz CT molecular complexity index is 1490. The highest BCUT2D eigenvalue weighted by atomic mass is 127. The molecular weight excluding hydrogens is 627 g/mol. The Morgan fingerprint density at radius 1 is 1.05 bits per heavy atom. The van der Waals surface area contributed by atoms with E-state index in [1.54, 1.807) is 4.90 Å². The van der Waals surface area contributed by atoms with Gasteiger partial charge in [0, 0.05) is 17.5 Å². The Hall–Kier alpha value is -3.38. The monoisotopic (exact) mass is 654 g/mol. The van der Waals surface area contributed by atoms with Crippen LogP contribution in [-0.4, -0.2) is 34.0 Å². The second-order valence-corrected chi connectivity index (χ2v) is 10.5. The van der Waals surface area contributed by atoms with Crippen LogP contribution in [0.15, 0.2) is 71.9 Å². The Balaban J connectivity index is 1.63. The first-order valence-electron chi connectivity index (χ1n) is 12.5. The van der Waals surface area contributed by atoms with Crippen molar-refractivity contribution < 1.29 is 19.0 Å². The van der Waals surface area contributed by atoms with Crippen molar-refractivity contribution in [3.05, 3.63) is 81.4 Å². The van der Waals surface area contributed by atoms with Gasteiger partial charge in [-0.05, 0) is 59.5 Å². The summed E-state index contributed by atoms with van der Waals surface area (Å²) in [5.41, 5.74) is 3.67. The van der Waals surface area contributed by atoms with E-state index >= 15 is 0 Å². The Morgan fingerprint density at radius 3 is 2.56 bits per heavy atom. The molecule has 1 aromatic heterocycles. The molecule has 8 nitrogen and oxygen atoms in total. The van der Waals surface area contributed by atoms with Gasteiger partial charge in [0.05, 0.1) is 15.9 Å². The van der Waals surface area contributed by atoms with E-state index in [4.69, 9.17) is 14.2 Å². The summed E-state index contributed by atoms with van der Waals surface area (Å²) in [5, 5.41) is 9.14. The van der Waals surface area contributed by atoms with Gasteiger partial charge in [-0.2, -0.15) is 4.98 Å². The molecule has 200 valence electrons. The van der Waals surface area contributed by atoms with Gasteiger partial charge in [-0.25, -0.2) is 0 Å². The molecule has 10 heteroatoms. The zero-order valence-electron chi connectivity index (χ0n) is 21.8. The molecular formula is C29H27IN4O4S. The number of halogens is 1. The van der Waals surface area contributed by atoms with E-state index in [2.05, 4.69) is 37.8 Å².